The lowest BCUT2D eigenvalue weighted by molar-refractivity contribution is 0.169. The third-order valence-electron chi connectivity index (χ3n) is 2.52. The van der Waals surface area contributed by atoms with Gasteiger partial charge in [0.25, 0.3) is 0 Å². The molecule has 0 bridgehead atoms. The van der Waals surface area contributed by atoms with Crippen molar-refractivity contribution in [1.82, 2.24) is 4.31 Å². The third kappa shape index (κ3) is 4.07. The maximum atomic E-state index is 12.0. The molecule has 0 amide bonds. The zero-order chi connectivity index (χ0) is 12.0. The maximum absolute atomic E-state index is 12.0. The quantitative estimate of drug-likeness (QED) is 0.656. The molecule has 4 nitrogen and oxygen atoms in total. The summed E-state index contributed by atoms with van der Waals surface area (Å²) in [7, 11) is -1.64. The second-order valence-electron chi connectivity index (χ2n) is 3.63. The van der Waals surface area contributed by atoms with E-state index in [4.69, 9.17) is 16.3 Å². The average molecular weight is 288 g/mol. The van der Waals surface area contributed by atoms with Crippen molar-refractivity contribution in [2.45, 2.75) is 12.5 Å². The first kappa shape index (κ1) is 14.6. The highest BCUT2D eigenvalue weighted by atomic mass is 35.5. The molecule has 0 aromatic heterocycles. The predicted octanol–water partition coefficient (Wildman–Crippen LogP) is 1.01. The first-order valence-electron chi connectivity index (χ1n) is 5.24. The minimum Gasteiger partial charge on any atom is -0.383 e. The summed E-state index contributed by atoms with van der Waals surface area (Å²) in [4.78, 5) is 0. The van der Waals surface area contributed by atoms with E-state index in [2.05, 4.69) is 0 Å². The molecule has 0 radical (unpaired) electrons. The van der Waals surface area contributed by atoms with Crippen molar-refractivity contribution in [2.24, 2.45) is 0 Å². The number of hydrogen-bond acceptors (Lipinski definition) is 4. The summed E-state index contributed by atoms with van der Waals surface area (Å²) in [6, 6.07) is 0.119. The van der Waals surface area contributed by atoms with Gasteiger partial charge in [0.1, 0.15) is 0 Å². The molecule has 0 N–H and O–H groups in total. The summed E-state index contributed by atoms with van der Waals surface area (Å²) in [5.41, 5.74) is 0. The van der Waals surface area contributed by atoms with Crippen molar-refractivity contribution in [1.29, 1.82) is 0 Å². The number of halogens is 1. The SMILES string of the molecule is COCCN(C1CCSC1)S(=O)(=O)CCCl. The lowest BCUT2D eigenvalue weighted by Gasteiger charge is -2.27. The molecule has 96 valence electrons. The molecule has 0 aliphatic carbocycles. The van der Waals surface area contributed by atoms with E-state index in [0.29, 0.717) is 13.2 Å². The average Bonchev–Trinajstić information content (AvgIpc) is 2.71. The van der Waals surface area contributed by atoms with E-state index in [1.54, 1.807) is 23.2 Å². The molecule has 0 aromatic rings. The summed E-state index contributed by atoms with van der Waals surface area (Å²) >= 11 is 7.33. The van der Waals surface area contributed by atoms with Crippen LogP contribution in [0.1, 0.15) is 6.42 Å². The van der Waals surface area contributed by atoms with E-state index >= 15 is 0 Å². The van der Waals surface area contributed by atoms with Crippen LogP contribution in [0.2, 0.25) is 0 Å². The Bertz CT molecular complexity index is 291. The number of hydrogen-bond donors (Lipinski definition) is 0. The van der Waals surface area contributed by atoms with E-state index in [1.807, 2.05) is 0 Å². The van der Waals surface area contributed by atoms with Crippen LogP contribution in [0.4, 0.5) is 0 Å². The minimum absolute atomic E-state index is 0.0133. The third-order valence-corrected chi connectivity index (χ3v) is 5.99. The first-order chi connectivity index (χ1) is 7.61. The van der Waals surface area contributed by atoms with Crippen molar-refractivity contribution < 1.29 is 13.2 Å². The van der Waals surface area contributed by atoms with E-state index in [-0.39, 0.29) is 17.7 Å². The number of sulfonamides is 1. The zero-order valence-corrected chi connectivity index (χ0v) is 11.8. The van der Waals surface area contributed by atoms with Gasteiger partial charge in [0.05, 0.1) is 12.4 Å². The zero-order valence-electron chi connectivity index (χ0n) is 9.39. The van der Waals surface area contributed by atoms with E-state index < -0.39 is 10.0 Å². The summed E-state index contributed by atoms with van der Waals surface area (Å²) in [6.07, 6.45) is 0.926. The maximum Gasteiger partial charge on any atom is 0.215 e. The molecule has 1 atom stereocenters. The van der Waals surface area contributed by atoms with E-state index in [0.717, 1.165) is 17.9 Å². The Kier molecular flexibility index (Phi) is 6.43. The standard InChI is InChI=1S/C9H18ClNO3S2/c1-14-5-4-11(9-2-6-15-8-9)16(12,13)7-3-10/h9H,2-8H2,1H3. The van der Waals surface area contributed by atoms with Gasteiger partial charge in [0.2, 0.25) is 10.0 Å². The van der Waals surface area contributed by atoms with E-state index in [1.165, 1.54) is 0 Å². The highest BCUT2D eigenvalue weighted by Gasteiger charge is 2.31. The molecule has 16 heavy (non-hydrogen) atoms. The molecule has 0 saturated carbocycles. The fraction of sp³-hybridized carbons (Fsp3) is 1.00. The topological polar surface area (TPSA) is 46.6 Å². The van der Waals surface area contributed by atoms with Crippen LogP contribution in [0.5, 0.6) is 0 Å². The summed E-state index contributed by atoms with van der Waals surface area (Å²) in [6.45, 7) is 0.865. The van der Waals surface area contributed by atoms with Crippen LogP contribution in [-0.2, 0) is 14.8 Å². The highest BCUT2D eigenvalue weighted by Crippen LogP contribution is 2.24. The van der Waals surface area contributed by atoms with Crippen LogP contribution in [-0.4, -0.2) is 62.2 Å². The van der Waals surface area contributed by atoms with Crippen molar-refractivity contribution in [3.63, 3.8) is 0 Å². The number of nitrogens with zero attached hydrogens (tertiary/aromatic N) is 1. The van der Waals surface area contributed by atoms with Gasteiger partial charge in [-0.1, -0.05) is 0 Å². The van der Waals surface area contributed by atoms with Gasteiger partial charge < -0.3 is 4.74 Å². The predicted molar refractivity (Wildman–Crippen MR) is 68.8 cm³/mol. The Morgan fingerprint density at radius 3 is 2.81 bits per heavy atom. The van der Waals surface area contributed by atoms with Crippen molar-refractivity contribution >= 4 is 33.4 Å². The summed E-state index contributed by atoms with van der Waals surface area (Å²) < 4.78 is 30.5. The van der Waals surface area contributed by atoms with Crippen LogP contribution >= 0.6 is 23.4 Å². The Morgan fingerprint density at radius 2 is 2.31 bits per heavy atom. The van der Waals surface area contributed by atoms with Crippen LogP contribution in [0, 0.1) is 0 Å². The minimum atomic E-state index is -3.22. The Hall–Kier alpha value is 0.510. The van der Waals surface area contributed by atoms with Gasteiger partial charge in [0.15, 0.2) is 0 Å². The largest absolute Gasteiger partial charge is 0.383 e. The lowest BCUT2D eigenvalue weighted by Crippen LogP contribution is -2.43. The van der Waals surface area contributed by atoms with Gasteiger partial charge in [0, 0.05) is 31.3 Å². The Labute approximate surface area is 107 Å². The number of rotatable bonds is 7. The molecular weight excluding hydrogens is 270 g/mol. The fourth-order valence-electron chi connectivity index (χ4n) is 1.69. The second-order valence-corrected chi connectivity index (χ2v) is 7.19. The van der Waals surface area contributed by atoms with Crippen LogP contribution in [0.15, 0.2) is 0 Å². The van der Waals surface area contributed by atoms with Gasteiger partial charge in [-0.15, -0.1) is 11.6 Å². The molecule has 1 unspecified atom stereocenters. The van der Waals surface area contributed by atoms with Gasteiger partial charge in [-0.2, -0.15) is 16.1 Å². The summed E-state index contributed by atoms with van der Waals surface area (Å²) in [5, 5.41) is 0. The van der Waals surface area contributed by atoms with Crippen LogP contribution in [0.25, 0.3) is 0 Å². The molecule has 1 fully saturated rings. The van der Waals surface area contributed by atoms with Crippen molar-refractivity contribution in [3.05, 3.63) is 0 Å². The Balaban J connectivity index is 2.69. The van der Waals surface area contributed by atoms with Gasteiger partial charge in [-0.05, 0) is 12.2 Å². The summed E-state index contributed by atoms with van der Waals surface area (Å²) in [5.74, 6) is 2.07. The molecule has 7 heteroatoms. The number of methoxy groups -OCH3 is 1. The normalized spacial score (nSPS) is 21.8. The van der Waals surface area contributed by atoms with Gasteiger partial charge >= 0.3 is 0 Å². The van der Waals surface area contributed by atoms with Crippen LogP contribution < -0.4 is 0 Å². The molecule has 0 aromatic carbocycles. The van der Waals surface area contributed by atoms with Crippen molar-refractivity contribution in [3.8, 4) is 0 Å². The van der Waals surface area contributed by atoms with E-state index in [9.17, 15) is 8.42 Å². The molecule has 1 rings (SSSR count). The molecule has 1 aliphatic heterocycles. The van der Waals surface area contributed by atoms with Gasteiger partial charge in [-0.3, -0.25) is 0 Å². The second kappa shape index (κ2) is 7.06. The first-order valence-corrected chi connectivity index (χ1v) is 8.54. The fourth-order valence-corrected chi connectivity index (χ4v) is 5.01. The molecule has 1 saturated heterocycles. The molecule has 1 aliphatic rings. The van der Waals surface area contributed by atoms with Crippen molar-refractivity contribution in [2.75, 3.05) is 43.4 Å². The number of alkyl halides is 1. The van der Waals surface area contributed by atoms with Gasteiger partial charge in [-0.25, -0.2) is 8.42 Å². The number of thioether (sulfide) groups is 1. The Morgan fingerprint density at radius 1 is 1.56 bits per heavy atom. The highest BCUT2D eigenvalue weighted by molar-refractivity contribution is 7.99. The molecule has 0 spiro atoms. The number of ether oxygens (including phenoxy) is 1. The monoisotopic (exact) mass is 287 g/mol. The smallest absolute Gasteiger partial charge is 0.215 e. The molecular formula is C9H18ClNO3S2. The lowest BCUT2D eigenvalue weighted by atomic mass is 10.3. The molecule has 1 heterocycles. The van der Waals surface area contributed by atoms with Crippen LogP contribution in [0.3, 0.4) is 0 Å².